The van der Waals surface area contributed by atoms with E-state index < -0.39 is 37.0 Å². The van der Waals surface area contributed by atoms with E-state index in [9.17, 15) is 14.4 Å². The monoisotopic (exact) mass is 204 g/mol. The average Bonchev–Trinajstić information content (AvgIpc) is 2.13. The molecule has 14 heavy (non-hydrogen) atoms. The molecule has 0 fully saturated rings. The molecule has 0 aliphatic heterocycles. The number of aliphatic hydroxyl groups is 2. The molecule has 0 aromatic rings. The van der Waals surface area contributed by atoms with Gasteiger partial charge in [-0.25, -0.2) is 0 Å². The van der Waals surface area contributed by atoms with Gasteiger partial charge in [0.2, 0.25) is 5.91 Å². The highest BCUT2D eigenvalue weighted by Crippen LogP contribution is 1.83. The molecule has 0 saturated carbocycles. The maximum Gasteiger partial charge on any atom is 0.252 e. The summed E-state index contributed by atoms with van der Waals surface area (Å²) in [5.74, 6) is -2.25. The SMILES string of the molecule is CC(=O)NC(CO)C(=O)NC(=O)CO. The van der Waals surface area contributed by atoms with Gasteiger partial charge in [-0.3, -0.25) is 19.7 Å². The van der Waals surface area contributed by atoms with Crippen LogP contribution < -0.4 is 10.6 Å². The summed E-state index contributed by atoms with van der Waals surface area (Å²) < 4.78 is 0. The Balaban J connectivity index is 4.17. The van der Waals surface area contributed by atoms with Gasteiger partial charge in [0, 0.05) is 6.92 Å². The van der Waals surface area contributed by atoms with E-state index in [1.165, 1.54) is 6.92 Å². The summed E-state index contributed by atoms with van der Waals surface area (Å²) in [4.78, 5) is 32.1. The molecule has 0 bridgehead atoms. The molecule has 0 saturated heterocycles. The van der Waals surface area contributed by atoms with E-state index in [-0.39, 0.29) is 0 Å². The largest absolute Gasteiger partial charge is 0.394 e. The van der Waals surface area contributed by atoms with Crippen LogP contribution in [0.3, 0.4) is 0 Å². The molecule has 1 atom stereocenters. The first-order valence-corrected chi connectivity index (χ1v) is 3.83. The van der Waals surface area contributed by atoms with Gasteiger partial charge in [0.15, 0.2) is 0 Å². The molecule has 7 nitrogen and oxygen atoms in total. The van der Waals surface area contributed by atoms with Gasteiger partial charge in [-0.05, 0) is 0 Å². The van der Waals surface area contributed by atoms with E-state index in [0.29, 0.717) is 0 Å². The van der Waals surface area contributed by atoms with E-state index in [1.54, 1.807) is 5.32 Å². The quantitative estimate of drug-likeness (QED) is 0.392. The molecule has 3 amide bonds. The molecule has 1 unspecified atom stereocenters. The first kappa shape index (κ1) is 12.5. The minimum Gasteiger partial charge on any atom is -0.394 e. The van der Waals surface area contributed by atoms with Crippen molar-refractivity contribution in [1.29, 1.82) is 0 Å². The summed E-state index contributed by atoms with van der Waals surface area (Å²) >= 11 is 0. The third kappa shape index (κ3) is 4.53. The number of nitrogens with one attached hydrogen (secondary N) is 2. The van der Waals surface area contributed by atoms with Crippen molar-refractivity contribution in [2.75, 3.05) is 13.2 Å². The lowest BCUT2D eigenvalue weighted by molar-refractivity contribution is -0.135. The van der Waals surface area contributed by atoms with Crippen LogP contribution in [-0.4, -0.2) is 47.2 Å². The molecular formula is C7H12N2O5. The van der Waals surface area contributed by atoms with Crippen molar-refractivity contribution in [2.24, 2.45) is 0 Å². The molecule has 0 spiro atoms. The van der Waals surface area contributed by atoms with Crippen LogP contribution in [0.1, 0.15) is 6.92 Å². The highest BCUT2D eigenvalue weighted by Gasteiger charge is 2.19. The van der Waals surface area contributed by atoms with Crippen molar-refractivity contribution in [3.05, 3.63) is 0 Å². The van der Waals surface area contributed by atoms with E-state index in [0.717, 1.165) is 0 Å². The van der Waals surface area contributed by atoms with Gasteiger partial charge in [-0.15, -0.1) is 0 Å². The molecule has 0 aliphatic carbocycles. The third-order valence-electron chi connectivity index (χ3n) is 1.28. The van der Waals surface area contributed by atoms with Crippen LogP contribution in [0.25, 0.3) is 0 Å². The number of aliphatic hydroxyl groups excluding tert-OH is 2. The molecule has 4 N–H and O–H groups in total. The molecule has 7 heteroatoms. The molecule has 80 valence electrons. The lowest BCUT2D eigenvalue weighted by atomic mass is 10.3. The Labute approximate surface area is 80.1 Å². The van der Waals surface area contributed by atoms with Crippen molar-refractivity contribution in [3.8, 4) is 0 Å². The van der Waals surface area contributed by atoms with Gasteiger partial charge in [0.05, 0.1) is 6.61 Å². The van der Waals surface area contributed by atoms with E-state index >= 15 is 0 Å². The Hall–Kier alpha value is -1.47. The predicted molar refractivity (Wildman–Crippen MR) is 44.9 cm³/mol. The Morgan fingerprint density at radius 3 is 2.21 bits per heavy atom. The van der Waals surface area contributed by atoms with Crippen molar-refractivity contribution in [2.45, 2.75) is 13.0 Å². The van der Waals surface area contributed by atoms with Gasteiger partial charge in [0.25, 0.3) is 11.8 Å². The molecular weight excluding hydrogens is 192 g/mol. The van der Waals surface area contributed by atoms with Gasteiger partial charge in [0.1, 0.15) is 12.6 Å². The maximum absolute atomic E-state index is 11.1. The smallest absolute Gasteiger partial charge is 0.252 e. The highest BCUT2D eigenvalue weighted by atomic mass is 16.3. The number of carbonyl (C=O) groups is 3. The zero-order valence-electron chi connectivity index (χ0n) is 7.61. The Morgan fingerprint density at radius 2 is 1.86 bits per heavy atom. The predicted octanol–water partition coefficient (Wildman–Crippen LogP) is -2.88. The minimum atomic E-state index is -1.18. The van der Waals surface area contributed by atoms with Crippen LogP contribution in [0.2, 0.25) is 0 Å². The van der Waals surface area contributed by atoms with E-state index in [4.69, 9.17) is 10.2 Å². The van der Waals surface area contributed by atoms with Gasteiger partial charge < -0.3 is 15.5 Å². The summed E-state index contributed by atoms with van der Waals surface area (Å²) in [5, 5.41) is 20.9. The molecule has 0 heterocycles. The van der Waals surface area contributed by atoms with Crippen LogP contribution >= 0.6 is 0 Å². The van der Waals surface area contributed by atoms with Gasteiger partial charge in [-0.1, -0.05) is 0 Å². The number of amides is 3. The number of hydrogen-bond acceptors (Lipinski definition) is 5. The summed E-state index contributed by atoms with van der Waals surface area (Å²) in [6, 6.07) is -1.18. The van der Waals surface area contributed by atoms with Crippen LogP contribution in [-0.2, 0) is 14.4 Å². The first-order chi connectivity index (χ1) is 6.51. The zero-order valence-corrected chi connectivity index (χ0v) is 7.61. The van der Waals surface area contributed by atoms with Gasteiger partial charge in [-0.2, -0.15) is 0 Å². The average molecular weight is 204 g/mol. The van der Waals surface area contributed by atoms with Crippen LogP contribution in [0.4, 0.5) is 0 Å². The number of hydrogen-bond donors (Lipinski definition) is 4. The lowest BCUT2D eigenvalue weighted by Crippen LogP contribution is -2.50. The molecule has 0 aliphatic rings. The molecule has 0 aromatic heterocycles. The second-order valence-corrected chi connectivity index (χ2v) is 2.51. The Morgan fingerprint density at radius 1 is 1.29 bits per heavy atom. The number of carbonyl (C=O) groups excluding carboxylic acids is 3. The van der Waals surface area contributed by atoms with Crippen molar-refractivity contribution in [3.63, 3.8) is 0 Å². The topological polar surface area (TPSA) is 116 Å². The van der Waals surface area contributed by atoms with Crippen LogP contribution in [0.5, 0.6) is 0 Å². The van der Waals surface area contributed by atoms with Crippen molar-refractivity contribution >= 4 is 17.7 Å². The maximum atomic E-state index is 11.1. The fourth-order valence-corrected chi connectivity index (χ4v) is 0.704. The van der Waals surface area contributed by atoms with Crippen molar-refractivity contribution < 1.29 is 24.6 Å². The van der Waals surface area contributed by atoms with E-state index in [2.05, 4.69) is 5.32 Å². The summed E-state index contributed by atoms with van der Waals surface area (Å²) in [7, 11) is 0. The van der Waals surface area contributed by atoms with Gasteiger partial charge >= 0.3 is 0 Å². The molecule has 0 rings (SSSR count). The van der Waals surface area contributed by atoms with Crippen LogP contribution in [0.15, 0.2) is 0 Å². The Kier molecular flexibility index (Phi) is 5.42. The molecule has 0 aromatic carbocycles. The second-order valence-electron chi connectivity index (χ2n) is 2.51. The van der Waals surface area contributed by atoms with E-state index in [1.807, 2.05) is 0 Å². The summed E-state index contributed by atoms with van der Waals surface area (Å²) in [6.07, 6.45) is 0. The fourth-order valence-electron chi connectivity index (χ4n) is 0.704. The zero-order chi connectivity index (χ0) is 11.1. The lowest BCUT2D eigenvalue weighted by Gasteiger charge is -2.13. The number of rotatable bonds is 4. The van der Waals surface area contributed by atoms with Crippen LogP contribution in [0, 0.1) is 0 Å². The third-order valence-corrected chi connectivity index (χ3v) is 1.28. The second kappa shape index (κ2) is 6.06. The summed E-state index contributed by atoms with van der Waals surface area (Å²) in [6.45, 7) is -0.280. The first-order valence-electron chi connectivity index (χ1n) is 3.83. The van der Waals surface area contributed by atoms with Crippen molar-refractivity contribution in [1.82, 2.24) is 10.6 Å². The highest BCUT2D eigenvalue weighted by molar-refractivity contribution is 5.99. The molecule has 0 radical (unpaired) electrons. The Bertz CT molecular complexity index is 240. The normalized spacial score (nSPS) is 11.6. The fraction of sp³-hybridized carbons (Fsp3) is 0.571. The standard InChI is InChI=1S/C7H12N2O5/c1-4(12)8-5(2-10)7(14)9-6(13)3-11/h5,10-11H,2-3H2,1H3,(H,8,12)(H,9,13,14). The summed E-state index contributed by atoms with van der Waals surface area (Å²) in [5.41, 5.74) is 0. The minimum absolute atomic E-state index is 0.504. The number of imide groups is 1.